The summed E-state index contributed by atoms with van der Waals surface area (Å²) < 4.78 is 58.5. The maximum atomic E-state index is 14.7. The van der Waals surface area contributed by atoms with Gasteiger partial charge in [0.2, 0.25) is 11.8 Å². The number of piperidine rings is 1. The van der Waals surface area contributed by atoms with Gasteiger partial charge in [-0.15, -0.1) is 0 Å². The van der Waals surface area contributed by atoms with E-state index in [9.17, 15) is 31.9 Å². The summed E-state index contributed by atoms with van der Waals surface area (Å²) in [5.41, 5.74) is -0.0156. The fraction of sp³-hybridized carbons (Fsp3) is 0.318. The number of nitrogens with one attached hydrogen (secondary N) is 3. The van der Waals surface area contributed by atoms with Crippen molar-refractivity contribution in [2.24, 2.45) is 0 Å². The summed E-state index contributed by atoms with van der Waals surface area (Å²) in [5.74, 6) is -4.32. The minimum atomic E-state index is -3.05. The molecule has 0 bridgehead atoms. The minimum absolute atomic E-state index is 0.00564. The third-order valence-electron chi connectivity index (χ3n) is 5.59. The Labute approximate surface area is 201 Å². The number of benzene rings is 2. The van der Waals surface area contributed by atoms with Crippen LogP contribution in [0.5, 0.6) is 5.75 Å². The highest BCUT2D eigenvalue weighted by Gasteiger charge is 2.34. The summed E-state index contributed by atoms with van der Waals surface area (Å²) in [6.45, 7) is -2.55. The molecule has 8 nitrogen and oxygen atoms in total. The number of imide groups is 1. The molecule has 0 spiro atoms. The highest BCUT2D eigenvalue weighted by atomic mass is 35.5. The van der Waals surface area contributed by atoms with Gasteiger partial charge < -0.3 is 20.3 Å². The Morgan fingerprint density at radius 3 is 2.43 bits per heavy atom. The average Bonchev–Trinajstić information content (AvgIpc) is 2.70. The molecule has 2 heterocycles. The first kappa shape index (κ1) is 24.6. The Balaban J connectivity index is 1.34. The van der Waals surface area contributed by atoms with Gasteiger partial charge in [0, 0.05) is 47.5 Å². The number of amides is 4. The molecule has 0 radical (unpaired) electrons. The molecule has 0 aromatic heterocycles. The van der Waals surface area contributed by atoms with Crippen LogP contribution in [0.3, 0.4) is 0 Å². The van der Waals surface area contributed by atoms with Gasteiger partial charge in [-0.25, -0.2) is 13.6 Å². The molecule has 186 valence electrons. The fourth-order valence-corrected chi connectivity index (χ4v) is 4.22. The number of ether oxygens (including phenoxy) is 1. The summed E-state index contributed by atoms with van der Waals surface area (Å²) >= 11 is 5.85. The normalized spacial score (nSPS) is 18.2. The molecule has 2 fully saturated rings. The maximum Gasteiger partial charge on any atom is 0.387 e. The summed E-state index contributed by atoms with van der Waals surface area (Å²) in [4.78, 5) is 37.1. The zero-order valence-electron chi connectivity index (χ0n) is 17.9. The number of alkyl halides is 2. The van der Waals surface area contributed by atoms with Crippen LogP contribution in [0, 0.1) is 11.6 Å². The van der Waals surface area contributed by atoms with Gasteiger partial charge in [-0.2, -0.15) is 8.78 Å². The fourth-order valence-electron chi connectivity index (χ4n) is 3.99. The second-order valence-corrected chi connectivity index (χ2v) is 8.52. The van der Waals surface area contributed by atoms with E-state index in [0.29, 0.717) is 0 Å². The molecule has 13 heteroatoms. The molecule has 3 N–H and O–H groups in total. The number of hydrogen-bond acceptors (Lipinski definition) is 5. The third kappa shape index (κ3) is 5.76. The first-order valence-electron chi connectivity index (χ1n) is 10.5. The first-order valence-corrected chi connectivity index (χ1v) is 10.9. The van der Waals surface area contributed by atoms with Crippen LogP contribution >= 0.6 is 11.6 Å². The molecule has 2 aromatic carbocycles. The number of halogens is 5. The minimum Gasteiger partial charge on any atom is -0.435 e. The van der Waals surface area contributed by atoms with Gasteiger partial charge in [0.25, 0.3) is 0 Å². The number of anilines is 2. The zero-order valence-corrected chi connectivity index (χ0v) is 18.7. The molecule has 1 unspecified atom stereocenters. The summed E-state index contributed by atoms with van der Waals surface area (Å²) in [7, 11) is 0. The molecule has 4 amide bonds. The van der Waals surface area contributed by atoms with Crippen LogP contribution in [0.15, 0.2) is 30.3 Å². The van der Waals surface area contributed by atoms with E-state index in [1.165, 1.54) is 18.2 Å². The predicted molar refractivity (Wildman–Crippen MR) is 118 cm³/mol. The van der Waals surface area contributed by atoms with Gasteiger partial charge in [0.05, 0.1) is 12.0 Å². The smallest absolute Gasteiger partial charge is 0.387 e. The molecule has 2 aromatic rings. The van der Waals surface area contributed by atoms with Crippen molar-refractivity contribution in [3.8, 4) is 5.75 Å². The SMILES string of the molecule is O=C1CCC(c2c(F)cc(N3CC(NC(=O)Nc4cc(Cl)cc(OC(F)F)c4)C3)cc2F)C(=O)N1. The predicted octanol–water partition coefficient (Wildman–Crippen LogP) is 3.75. The van der Waals surface area contributed by atoms with Crippen LogP contribution in [-0.2, 0) is 9.59 Å². The summed E-state index contributed by atoms with van der Waals surface area (Å²) in [6.07, 6.45) is 0.0133. The van der Waals surface area contributed by atoms with Crippen LogP contribution in [-0.4, -0.2) is 43.6 Å². The standard InChI is InChI=1S/C22H19ClF4N4O4/c23-10-3-11(5-14(4-10)35-21(26)27)28-22(34)29-12-8-31(9-12)13-6-16(24)19(17(25)7-13)15-1-2-18(32)30-20(15)33/h3-7,12,15,21H,1-2,8-9H2,(H2,28,29,34)(H,30,32,33). The topological polar surface area (TPSA) is 99.8 Å². The van der Waals surface area contributed by atoms with E-state index in [1.807, 2.05) is 0 Å². The van der Waals surface area contributed by atoms with Crippen LogP contribution in [0.2, 0.25) is 5.02 Å². The highest BCUT2D eigenvalue weighted by Crippen LogP contribution is 2.33. The molecule has 0 aliphatic carbocycles. The summed E-state index contributed by atoms with van der Waals surface area (Å²) in [5, 5.41) is 7.27. The molecular weight excluding hydrogens is 496 g/mol. The second kappa shape index (κ2) is 9.98. The van der Waals surface area contributed by atoms with Crippen LogP contribution < -0.4 is 25.6 Å². The quantitative estimate of drug-likeness (QED) is 0.403. The van der Waals surface area contributed by atoms with E-state index in [0.717, 1.165) is 12.1 Å². The molecule has 4 rings (SSSR count). The maximum absolute atomic E-state index is 14.7. The van der Waals surface area contributed by atoms with Crippen molar-refractivity contribution in [1.82, 2.24) is 10.6 Å². The van der Waals surface area contributed by atoms with Crippen molar-refractivity contribution in [3.63, 3.8) is 0 Å². The lowest BCUT2D eigenvalue weighted by Gasteiger charge is -2.41. The molecule has 2 saturated heterocycles. The van der Waals surface area contributed by atoms with Crippen LogP contribution in [0.1, 0.15) is 24.3 Å². The van der Waals surface area contributed by atoms with Crippen LogP contribution in [0.4, 0.5) is 33.7 Å². The molecular formula is C22H19ClF4N4O4. The van der Waals surface area contributed by atoms with Gasteiger partial charge in [-0.1, -0.05) is 11.6 Å². The lowest BCUT2D eigenvalue weighted by molar-refractivity contribution is -0.134. The first-order chi connectivity index (χ1) is 16.6. The van der Waals surface area contributed by atoms with E-state index in [2.05, 4.69) is 20.7 Å². The Hall–Kier alpha value is -3.54. The lowest BCUT2D eigenvalue weighted by atomic mass is 9.89. The summed E-state index contributed by atoms with van der Waals surface area (Å²) in [6, 6.07) is 4.92. The highest BCUT2D eigenvalue weighted by molar-refractivity contribution is 6.31. The average molecular weight is 515 g/mol. The van der Waals surface area contributed by atoms with E-state index >= 15 is 0 Å². The van der Waals surface area contributed by atoms with Crippen molar-refractivity contribution >= 4 is 40.8 Å². The Morgan fingerprint density at radius 2 is 1.80 bits per heavy atom. The number of urea groups is 1. The Morgan fingerprint density at radius 1 is 1.11 bits per heavy atom. The molecule has 35 heavy (non-hydrogen) atoms. The molecule has 0 saturated carbocycles. The lowest BCUT2D eigenvalue weighted by Crippen LogP contribution is -2.60. The number of nitrogens with zero attached hydrogens (tertiary/aromatic N) is 1. The van der Waals surface area contributed by atoms with Gasteiger partial charge in [0.1, 0.15) is 17.4 Å². The van der Waals surface area contributed by atoms with Crippen molar-refractivity contribution in [2.45, 2.75) is 31.4 Å². The van der Waals surface area contributed by atoms with Gasteiger partial charge in [-0.3, -0.25) is 14.9 Å². The van der Waals surface area contributed by atoms with Crippen molar-refractivity contribution in [1.29, 1.82) is 0 Å². The molecule has 1 atom stereocenters. The van der Waals surface area contributed by atoms with E-state index in [1.54, 1.807) is 4.90 Å². The van der Waals surface area contributed by atoms with Gasteiger partial charge in [-0.05, 0) is 30.7 Å². The van der Waals surface area contributed by atoms with Gasteiger partial charge in [0.15, 0.2) is 0 Å². The number of rotatable bonds is 6. The molecule has 2 aliphatic heterocycles. The number of carbonyl (C=O) groups is 3. The van der Waals surface area contributed by atoms with Gasteiger partial charge >= 0.3 is 12.6 Å². The number of carbonyl (C=O) groups excluding carboxylic acids is 3. The van der Waals surface area contributed by atoms with Crippen molar-refractivity contribution < 1.29 is 36.7 Å². The zero-order chi connectivity index (χ0) is 25.3. The van der Waals surface area contributed by atoms with E-state index in [4.69, 9.17) is 11.6 Å². The Kier molecular flexibility index (Phi) is 7.01. The van der Waals surface area contributed by atoms with E-state index < -0.39 is 42.0 Å². The second-order valence-electron chi connectivity index (χ2n) is 8.08. The monoisotopic (exact) mass is 514 g/mol. The third-order valence-corrected chi connectivity index (χ3v) is 5.81. The largest absolute Gasteiger partial charge is 0.435 e. The molecule has 2 aliphatic rings. The van der Waals surface area contributed by atoms with E-state index in [-0.39, 0.29) is 59.7 Å². The Bertz CT molecular complexity index is 1150. The van der Waals surface area contributed by atoms with Crippen molar-refractivity contribution in [2.75, 3.05) is 23.3 Å². The van der Waals surface area contributed by atoms with Crippen molar-refractivity contribution in [3.05, 3.63) is 52.6 Å². The van der Waals surface area contributed by atoms with Crippen LogP contribution in [0.25, 0.3) is 0 Å². The number of hydrogen-bond donors (Lipinski definition) is 3.